The number of methoxy groups -OCH3 is 2. The molecule has 9 heteroatoms. The third-order valence-corrected chi connectivity index (χ3v) is 6.21. The fraction of sp³-hybridized carbons (Fsp3) is 0.385. The van der Waals surface area contributed by atoms with Gasteiger partial charge in [0.1, 0.15) is 5.69 Å². The summed E-state index contributed by atoms with van der Waals surface area (Å²) >= 11 is 0. The molecule has 3 aromatic rings. The summed E-state index contributed by atoms with van der Waals surface area (Å²) in [5, 5.41) is 12.9. The highest BCUT2D eigenvalue weighted by Gasteiger charge is 2.29. The second-order valence-electron chi connectivity index (χ2n) is 8.50. The van der Waals surface area contributed by atoms with Crippen molar-refractivity contribution in [2.75, 3.05) is 58.9 Å². The van der Waals surface area contributed by atoms with Crippen molar-refractivity contribution < 1.29 is 14.3 Å². The van der Waals surface area contributed by atoms with E-state index in [-0.39, 0.29) is 5.91 Å². The Bertz CT molecular complexity index is 1230. The second-order valence-corrected chi connectivity index (χ2v) is 8.50. The molecule has 2 aromatic carbocycles. The van der Waals surface area contributed by atoms with E-state index in [1.165, 1.54) is 0 Å². The topological polar surface area (TPSA) is 104 Å². The molecule has 1 saturated heterocycles. The minimum absolute atomic E-state index is 0.372. The third kappa shape index (κ3) is 5.44. The van der Waals surface area contributed by atoms with Crippen LogP contribution in [0.25, 0.3) is 11.0 Å². The van der Waals surface area contributed by atoms with Crippen molar-refractivity contribution in [2.24, 2.45) is 0 Å². The molecular weight excluding hydrogens is 444 g/mol. The lowest BCUT2D eigenvalue weighted by atomic mass is 10.0. The maximum Gasteiger partial charge on any atom is 0.243 e. The van der Waals surface area contributed by atoms with Crippen LogP contribution in [-0.2, 0) is 11.2 Å². The van der Waals surface area contributed by atoms with E-state index < -0.39 is 5.92 Å². The first-order valence-corrected chi connectivity index (χ1v) is 11.6. The molecule has 4 rings (SSSR count). The lowest BCUT2D eigenvalue weighted by molar-refractivity contribution is -0.121. The van der Waals surface area contributed by atoms with Gasteiger partial charge < -0.3 is 24.6 Å². The maximum atomic E-state index is 13.1. The second kappa shape index (κ2) is 11.0. The SMILES string of the molecule is COc1ccc(CCNC(=O)[C@@H](C#N)c2nc3ccccc3nc2N2CCN(C)CC2)cc1OC. The zero-order valence-corrected chi connectivity index (χ0v) is 20.3. The summed E-state index contributed by atoms with van der Waals surface area (Å²) in [5.41, 5.74) is 2.80. The van der Waals surface area contributed by atoms with E-state index >= 15 is 0 Å². The van der Waals surface area contributed by atoms with E-state index in [0.29, 0.717) is 41.5 Å². The zero-order chi connectivity index (χ0) is 24.8. The standard InChI is InChI=1S/C26H30N6O3/c1-31-12-14-32(15-13-31)25-24(29-20-6-4-5-7-21(20)30-25)19(17-27)26(33)28-11-10-18-8-9-22(34-2)23(16-18)35-3/h4-9,16,19H,10-15H2,1-3H3,(H,28,33)/t19-/m0/s1. The van der Waals surface area contributed by atoms with Crippen LogP contribution in [0.5, 0.6) is 11.5 Å². The van der Waals surface area contributed by atoms with Gasteiger partial charge in [-0.2, -0.15) is 5.26 Å². The van der Waals surface area contributed by atoms with Crippen molar-refractivity contribution in [3.63, 3.8) is 0 Å². The molecule has 1 amide bonds. The molecule has 0 saturated carbocycles. The van der Waals surface area contributed by atoms with Crippen LogP contribution in [0, 0.1) is 11.3 Å². The number of carbonyl (C=O) groups is 1. The summed E-state index contributed by atoms with van der Waals surface area (Å²) in [6, 6.07) is 15.3. The minimum Gasteiger partial charge on any atom is -0.493 e. The number of anilines is 1. The summed E-state index contributed by atoms with van der Waals surface area (Å²) in [7, 11) is 5.25. The van der Waals surface area contributed by atoms with Crippen LogP contribution in [0.3, 0.4) is 0 Å². The van der Waals surface area contributed by atoms with Gasteiger partial charge in [0, 0.05) is 32.7 Å². The highest BCUT2D eigenvalue weighted by molar-refractivity contribution is 5.88. The molecule has 1 aromatic heterocycles. The molecule has 1 atom stereocenters. The first-order chi connectivity index (χ1) is 17.0. The first kappa shape index (κ1) is 24.2. The van der Waals surface area contributed by atoms with Crippen molar-refractivity contribution in [1.82, 2.24) is 20.2 Å². The van der Waals surface area contributed by atoms with E-state index in [9.17, 15) is 10.1 Å². The molecule has 1 aliphatic heterocycles. The predicted molar refractivity (Wildman–Crippen MR) is 134 cm³/mol. The zero-order valence-electron chi connectivity index (χ0n) is 20.3. The average molecular weight is 475 g/mol. The van der Waals surface area contributed by atoms with Gasteiger partial charge in [-0.05, 0) is 43.3 Å². The van der Waals surface area contributed by atoms with Crippen molar-refractivity contribution >= 4 is 22.8 Å². The maximum absolute atomic E-state index is 13.1. The number of likely N-dealkylation sites (N-methyl/N-ethyl adjacent to an activating group) is 1. The molecule has 0 bridgehead atoms. The number of carbonyl (C=O) groups excluding carboxylic acids is 1. The normalized spacial score (nSPS) is 14.9. The van der Waals surface area contributed by atoms with Gasteiger partial charge in [0.25, 0.3) is 0 Å². The number of piperazine rings is 1. The van der Waals surface area contributed by atoms with Crippen LogP contribution in [0.1, 0.15) is 17.2 Å². The monoisotopic (exact) mass is 474 g/mol. The summed E-state index contributed by atoms with van der Waals surface area (Å²) in [5.74, 6) is 0.448. The molecule has 0 aliphatic carbocycles. The average Bonchev–Trinajstić information content (AvgIpc) is 2.89. The summed E-state index contributed by atoms with van der Waals surface area (Å²) in [4.78, 5) is 27.1. The Kier molecular flexibility index (Phi) is 7.63. The minimum atomic E-state index is -1.06. The highest BCUT2D eigenvalue weighted by Crippen LogP contribution is 2.29. The van der Waals surface area contributed by atoms with Crippen molar-refractivity contribution in [3.05, 3.63) is 53.7 Å². The van der Waals surface area contributed by atoms with Crippen LogP contribution >= 0.6 is 0 Å². The molecule has 9 nitrogen and oxygen atoms in total. The molecule has 1 aliphatic rings. The molecular formula is C26H30N6O3. The number of para-hydroxylation sites is 2. The fourth-order valence-electron chi connectivity index (χ4n) is 4.16. The third-order valence-electron chi connectivity index (χ3n) is 6.21. The molecule has 35 heavy (non-hydrogen) atoms. The van der Waals surface area contributed by atoms with Crippen LogP contribution in [-0.4, -0.2) is 74.8 Å². The Balaban J connectivity index is 1.54. The number of hydrogen-bond donors (Lipinski definition) is 1. The van der Waals surface area contributed by atoms with E-state index in [2.05, 4.69) is 28.2 Å². The van der Waals surface area contributed by atoms with E-state index in [0.717, 1.165) is 37.3 Å². The molecule has 0 radical (unpaired) electrons. The van der Waals surface area contributed by atoms with Gasteiger partial charge in [0.15, 0.2) is 23.2 Å². The van der Waals surface area contributed by atoms with Gasteiger partial charge >= 0.3 is 0 Å². The van der Waals surface area contributed by atoms with Crippen LogP contribution < -0.4 is 19.7 Å². The van der Waals surface area contributed by atoms with Crippen molar-refractivity contribution in [2.45, 2.75) is 12.3 Å². The summed E-state index contributed by atoms with van der Waals surface area (Å²) < 4.78 is 10.6. The molecule has 0 unspecified atom stereocenters. The highest BCUT2D eigenvalue weighted by atomic mass is 16.5. The Labute approximate surface area is 205 Å². The van der Waals surface area contributed by atoms with Crippen LogP contribution in [0.4, 0.5) is 5.82 Å². The molecule has 1 N–H and O–H groups in total. The van der Waals surface area contributed by atoms with Gasteiger partial charge in [0.05, 0.1) is 31.3 Å². The number of rotatable bonds is 8. The Hall–Kier alpha value is -3.90. The Morgan fingerprint density at radius 1 is 1.06 bits per heavy atom. The summed E-state index contributed by atoms with van der Waals surface area (Å²) in [6.07, 6.45) is 0.582. The number of nitriles is 1. The van der Waals surface area contributed by atoms with Gasteiger partial charge in [0.2, 0.25) is 5.91 Å². The number of aromatic nitrogens is 2. The number of hydrogen-bond acceptors (Lipinski definition) is 8. The van der Waals surface area contributed by atoms with Gasteiger partial charge in [-0.3, -0.25) is 4.79 Å². The summed E-state index contributed by atoms with van der Waals surface area (Å²) in [6.45, 7) is 3.65. The lowest BCUT2D eigenvalue weighted by Gasteiger charge is -2.34. The van der Waals surface area contributed by atoms with Crippen molar-refractivity contribution in [3.8, 4) is 17.6 Å². The number of benzene rings is 2. The number of fused-ring (bicyclic) bond motifs is 1. The Morgan fingerprint density at radius 2 is 1.74 bits per heavy atom. The first-order valence-electron chi connectivity index (χ1n) is 11.6. The van der Waals surface area contributed by atoms with Crippen LogP contribution in [0.15, 0.2) is 42.5 Å². The lowest BCUT2D eigenvalue weighted by Crippen LogP contribution is -2.45. The number of ether oxygens (including phenoxy) is 2. The number of amides is 1. The molecule has 1 fully saturated rings. The van der Waals surface area contributed by atoms with Crippen LogP contribution in [0.2, 0.25) is 0 Å². The van der Waals surface area contributed by atoms with Gasteiger partial charge in [-0.1, -0.05) is 18.2 Å². The van der Waals surface area contributed by atoms with E-state index in [1.807, 2.05) is 42.5 Å². The fourth-order valence-corrected chi connectivity index (χ4v) is 4.16. The number of nitrogens with one attached hydrogen (secondary N) is 1. The number of nitrogens with zero attached hydrogens (tertiary/aromatic N) is 5. The van der Waals surface area contributed by atoms with Crippen molar-refractivity contribution in [1.29, 1.82) is 5.26 Å². The van der Waals surface area contributed by atoms with E-state index in [1.54, 1.807) is 14.2 Å². The molecule has 2 heterocycles. The molecule has 0 spiro atoms. The quantitative estimate of drug-likeness (QED) is 0.531. The van der Waals surface area contributed by atoms with Gasteiger partial charge in [-0.15, -0.1) is 0 Å². The molecule has 182 valence electrons. The van der Waals surface area contributed by atoms with Gasteiger partial charge in [-0.25, -0.2) is 9.97 Å². The Morgan fingerprint density at radius 3 is 2.40 bits per heavy atom. The smallest absolute Gasteiger partial charge is 0.243 e. The van der Waals surface area contributed by atoms with E-state index in [4.69, 9.17) is 19.4 Å². The largest absolute Gasteiger partial charge is 0.493 e. The predicted octanol–water partition coefficient (Wildman–Crippen LogP) is 2.36.